The number of nitrogens with one attached hydrogen (secondary N) is 1. The van der Waals surface area contributed by atoms with Gasteiger partial charge in [0.1, 0.15) is 0 Å². The largest absolute Gasteiger partial charge is 0.379 e. The first-order chi connectivity index (χ1) is 9.34. The molecule has 2 saturated heterocycles. The van der Waals surface area contributed by atoms with Gasteiger partial charge in [0.25, 0.3) is 0 Å². The molecule has 2 unspecified atom stereocenters. The monoisotopic (exact) mass is 399 g/mol. The molecule has 0 aromatic rings. The van der Waals surface area contributed by atoms with Crippen LogP contribution in [0.2, 0.25) is 0 Å². The Morgan fingerprint density at radius 3 is 2.95 bits per heavy atom. The highest BCUT2D eigenvalue weighted by molar-refractivity contribution is 14.0. The van der Waals surface area contributed by atoms with Crippen LogP contribution in [0.3, 0.4) is 0 Å². The van der Waals surface area contributed by atoms with Crippen LogP contribution in [0.25, 0.3) is 0 Å². The summed E-state index contributed by atoms with van der Waals surface area (Å²) >= 11 is 0. The topological polar surface area (TPSA) is 78.1 Å². The summed E-state index contributed by atoms with van der Waals surface area (Å²) in [5.41, 5.74) is 5.78. The van der Waals surface area contributed by atoms with E-state index in [1.54, 1.807) is 0 Å². The Bertz CT molecular complexity index is 280. The first-order valence-electron chi connectivity index (χ1n) is 7.19. The molecule has 0 radical (unpaired) electrons. The molecule has 2 aliphatic rings. The first-order valence-corrected chi connectivity index (χ1v) is 7.19. The van der Waals surface area contributed by atoms with Gasteiger partial charge < -0.3 is 25.3 Å². The highest BCUT2D eigenvalue weighted by Crippen LogP contribution is 2.11. The fourth-order valence-electron chi connectivity index (χ4n) is 2.23. The second kappa shape index (κ2) is 10.6. The standard InChI is InChI=1S/C13H25N3O3.HI/c14-13(16-9-11-3-1-6-18-11)15-5-2-7-19-12-4-8-17-10-12;/h11-12H,1-10H2,(H3,14,15,16);1H. The van der Waals surface area contributed by atoms with Crippen molar-refractivity contribution in [2.75, 3.05) is 39.5 Å². The number of aliphatic imine (C=N–C) groups is 1. The van der Waals surface area contributed by atoms with Crippen LogP contribution in [0.15, 0.2) is 4.99 Å². The second-order valence-electron chi connectivity index (χ2n) is 5.00. The van der Waals surface area contributed by atoms with E-state index in [1.165, 1.54) is 0 Å². The van der Waals surface area contributed by atoms with E-state index in [1.807, 2.05) is 0 Å². The SMILES string of the molecule is I.NC(=NCC1CCCO1)NCCCOC1CCOC1. The number of hydrogen-bond acceptors (Lipinski definition) is 4. The van der Waals surface area contributed by atoms with Crippen LogP contribution < -0.4 is 11.1 Å². The number of guanidine groups is 1. The minimum atomic E-state index is 0. The van der Waals surface area contributed by atoms with Crippen molar-refractivity contribution in [2.24, 2.45) is 10.7 Å². The van der Waals surface area contributed by atoms with Crippen molar-refractivity contribution >= 4 is 29.9 Å². The van der Waals surface area contributed by atoms with Gasteiger partial charge in [-0.3, -0.25) is 4.99 Å². The molecule has 2 fully saturated rings. The summed E-state index contributed by atoms with van der Waals surface area (Å²) in [4.78, 5) is 4.28. The van der Waals surface area contributed by atoms with Crippen molar-refractivity contribution in [2.45, 2.75) is 37.9 Å². The van der Waals surface area contributed by atoms with Crippen LogP contribution in [-0.4, -0.2) is 57.7 Å². The summed E-state index contributed by atoms with van der Waals surface area (Å²) in [6.45, 7) is 4.60. The summed E-state index contributed by atoms with van der Waals surface area (Å²) < 4.78 is 16.4. The summed E-state index contributed by atoms with van der Waals surface area (Å²) in [6, 6.07) is 0. The summed E-state index contributed by atoms with van der Waals surface area (Å²) in [5, 5.41) is 3.09. The lowest BCUT2D eigenvalue weighted by Crippen LogP contribution is -2.34. The molecular formula is C13H26IN3O3. The molecule has 0 saturated carbocycles. The van der Waals surface area contributed by atoms with Crippen molar-refractivity contribution in [1.29, 1.82) is 0 Å². The molecule has 6 nitrogen and oxygen atoms in total. The molecule has 2 rings (SSSR count). The maximum Gasteiger partial charge on any atom is 0.188 e. The van der Waals surface area contributed by atoms with E-state index in [-0.39, 0.29) is 36.2 Å². The second-order valence-corrected chi connectivity index (χ2v) is 5.00. The Kier molecular flexibility index (Phi) is 9.49. The highest BCUT2D eigenvalue weighted by atomic mass is 127. The molecule has 0 amide bonds. The van der Waals surface area contributed by atoms with Gasteiger partial charge in [-0.25, -0.2) is 0 Å². The van der Waals surface area contributed by atoms with Gasteiger partial charge >= 0.3 is 0 Å². The number of nitrogens with two attached hydrogens (primary N) is 1. The molecule has 0 aliphatic carbocycles. The van der Waals surface area contributed by atoms with Crippen LogP contribution in [0.4, 0.5) is 0 Å². The van der Waals surface area contributed by atoms with Gasteiger partial charge in [0.2, 0.25) is 0 Å². The van der Waals surface area contributed by atoms with Crippen LogP contribution in [0.5, 0.6) is 0 Å². The summed E-state index contributed by atoms with van der Waals surface area (Å²) in [7, 11) is 0. The van der Waals surface area contributed by atoms with Crippen molar-refractivity contribution in [1.82, 2.24) is 5.32 Å². The Labute approximate surface area is 137 Å². The number of rotatable bonds is 7. The van der Waals surface area contributed by atoms with E-state index in [4.69, 9.17) is 19.9 Å². The van der Waals surface area contributed by atoms with Crippen molar-refractivity contribution in [3.05, 3.63) is 0 Å². The maximum atomic E-state index is 5.78. The molecule has 2 heterocycles. The molecule has 3 N–H and O–H groups in total. The van der Waals surface area contributed by atoms with Crippen molar-refractivity contribution in [3.8, 4) is 0 Å². The normalized spacial score (nSPS) is 26.5. The lowest BCUT2D eigenvalue weighted by Gasteiger charge is -2.11. The molecule has 0 spiro atoms. The Balaban J connectivity index is 0.00000200. The molecule has 0 aromatic carbocycles. The van der Waals surface area contributed by atoms with Crippen molar-refractivity contribution < 1.29 is 14.2 Å². The molecular weight excluding hydrogens is 373 g/mol. The molecule has 118 valence electrons. The van der Waals surface area contributed by atoms with Gasteiger partial charge in [0.15, 0.2) is 5.96 Å². The van der Waals surface area contributed by atoms with Crippen LogP contribution in [0.1, 0.15) is 25.7 Å². The van der Waals surface area contributed by atoms with E-state index in [0.29, 0.717) is 12.5 Å². The van der Waals surface area contributed by atoms with E-state index >= 15 is 0 Å². The average Bonchev–Trinajstić information content (AvgIpc) is 3.09. The fraction of sp³-hybridized carbons (Fsp3) is 0.923. The quantitative estimate of drug-likeness (QED) is 0.288. The average molecular weight is 399 g/mol. The maximum absolute atomic E-state index is 5.78. The van der Waals surface area contributed by atoms with E-state index < -0.39 is 0 Å². The third-order valence-electron chi connectivity index (χ3n) is 3.36. The number of hydrogen-bond donors (Lipinski definition) is 2. The molecule has 2 aliphatic heterocycles. The van der Waals surface area contributed by atoms with E-state index in [9.17, 15) is 0 Å². The highest BCUT2D eigenvalue weighted by Gasteiger charge is 2.15. The first kappa shape index (κ1) is 17.9. The third-order valence-corrected chi connectivity index (χ3v) is 3.36. The van der Waals surface area contributed by atoms with Crippen molar-refractivity contribution in [3.63, 3.8) is 0 Å². The Hall–Kier alpha value is -0.120. The van der Waals surface area contributed by atoms with Gasteiger partial charge in [-0.05, 0) is 25.7 Å². The predicted octanol–water partition coefficient (Wildman–Crippen LogP) is 0.883. The Morgan fingerprint density at radius 2 is 2.25 bits per heavy atom. The Morgan fingerprint density at radius 1 is 1.35 bits per heavy atom. The number of ether oxygens (including phenoxy) is 3. The molecule has 0 aromatic heterocycles. The predicted molar refractivity (Wildman–Crippen MR) is 88.7 cm³/mol. The van der Waals surface area contributed by atoms with Gasteiger partial charge in [-0.1, -0.05) is 0 Å². The van der Waals surface area contributed by atoms with Crippen LogP contribution in [-0.2, 0) is 14.2 Å². The number of nitrogens with zero attached hydrogens (tertiary/aromatic N) is 1. The summed E-state index contributed by atoms with van der Waals surface area (Å²) in [5.74, 6) is 0.500. The van der Waals surface area contributed by atoms with Gasteiger partial charge in [0.05, 0.1) is 25.4 Å². The summed E-state index contributed by atoms with van der Waals surface area (Å²) in [6.07, 6.45) is 4.70. The zero-order chi connectivity index (χ0) is 13.3. The lowest BCUT2D eigenvalue weighted by atomic mass is 10.2. The van der Waals surface area contributed by atoms with Crippen LogP contribution in [0, 0.1) is 0 Å². The molecule has 7 heteroatoms. The molecule has 20 heavy (non-hydrogen) atoms. The van der Waals surface area contributed by atoms with Gasteiger partial charge in [-0.15, -0.1) is 24.0 Å². The van der Waals surface area contributed by atoms with Gasteiger partial charge in [-0.2, -0.15) is 0 Å². The van der Waals surface area contributed by atoms with E-state index in [0.717, 1.165) is 58.7 Å². The lowest BCUT2D eigenvalue weighted by molar-refractivity contribution is 0.0420. The van der Waals surface area contributed by atoms with Crippen LogP contribution >= 0.6 is 24.0 Å². The smallest absolute Gasteiger partial charge is 0.188 e. The minimum Gasteiger partial charge on any atom is -0.379 e. The third kappa shape index (κ3) is 7.05. The molecule has 2 atom stereocenters. The molecule has 0 bridgehead atoms. The zero-order valence-electron chi connectivity index (χ0n) is 11.9. The fourth-order valence-corrected chi connectivity index (χ4v) is 2.23. The minimum absolute atomic E-state index is 0. The number of halogens is 1. The zero-order valence-corrected chi connectivity index (χ0v) is 14.2. The van der Waals surface area contributed by atoms with E-state index in [2.05, 4.69) is 10.3 Å². The van der Waals surface area contributed by atoms with Gasteiger partial charge in [0, 0.05) is 26.4 Å².